The number of nitrogens with one attached hydrogen (secondary N) is 1. The first-order chi connectivity index (χ1) is 6.74. The zero-order chi connectivity index (χ0) is 10.4. The van der Waals surface area contributed by atoms with Crippen LogP contribution in [-0.4, -0.2) is 23.7 Å². The smallest absolute Gasteiger partial charge is 0.236 e. The molecule has 0 aromatic heterocycles. The van der Waals surface area contributed by atoms with Gasteiger partial charge in [-0.15, -0.1) is 0 Å². The number of hydrogen-bond donors (Lipinski definition) is 3. The van der Waals surface area contributed by atoms with Gasteiger partial charge in [0, 0.05) is 6.54 Å². The molecule has 1 aromatic rings. The molecule has 0 bridgehead atoms. The Labute approximate surface area is 82.7 Å². The van der Waals surface area contributed by atoms with E-state index >= 15 is 0 Å². The van der Waals surface area contributed by atoms with Crippen molar-refractivity contribution in [3.8, 4) is 0 Å². The summed E-state index contributed by atoms with van der Waals surface area (Å²) in [7, 11) is 0. The van der Waals surface area contributed by atoms with Gasteiger partial charge in [0.2, 0.25) is 5.91 Å². The minimum absolute atomic E-state index is 0.276. The third-order valence-electron chi connectivity index (χ3n) is 1.92. The van der Waals surface area contributed by atoms with Gasteiger partial charge < -0.3 is 10.8 Å². The van der Waals surface area contributed by atoms with Crippen molar-refractivity contribution in [2.45, 2.75) is 12.6 Å². The van der Waals surface area contributed by atoms with Crippen LogP contribution in [0.5, 0.6) is 0 Å². The van der Waals surface area contributed by atoms with E-state index in [1.807, 2.05) is 30.3 Å². The fourth-order valence-corrected chi connectivity index (χ4v) is 1.09. The number of hydrogen-bond acceptors (Lipinski definition) is 3. The zero-order valence-corrected chi connectivity index (χ0v) is 7.81. The van der Waals surface area contributed by atoms with Gasteiger partial charge in [0.1, 0.15) is 6.04 Å². The van der Waals surface area contributed by atoms with E-state index in [2.05, 4.69) is 5.32 Å². The van der Waals surface area contributed by atoms with E-state index in [9.17, 15) is 4.79 Å². The Morgan fingerprint density at radius 2 is 2.07 bits per heavy atom. The van der Waals surface area contributed by atoms with Crippen molar-refractivity contribution in [3.05, 3.63) is 35.9 Å². The summed E-state index contributed by atoms with van der Waals surface area (Å²) < 4.78 is 0. The van der Waals surface area contributed by atoms with Crippen molar-refractivity contribution >= 4 is 5.91 Å². The number of carbonyl (C=O) groups is 1. The van der Waals surface area contributed by atoms with Crippen LogP contribution in [0.15, 0.2) is 30.3 Å². The van der Waals surface area contributed by atoms with E-state index in [0.717, 1.165) is 5.56 Å². The van der Waals surface area contributed by atoms with Crippen LogP contribution >= 0.6 is 0 Å². The van der Waals surface area contributed by atoms with Crippen molar-refractivity contribution in [3.63, 3.8) is 0 Å². The van der Waals surface area contributed by atoms with Gasteiger partial charge in [-0.25, -0.2) is 0 Å². The molecule has 1 rings (SSSR count). The van der Waals surface area contributed by atoms with E-state index in [1.54, 1.807) is 0 Å². The predicted octanol–water partition coefficient (Wildman–Crippen LogP) is -0.378. The Morgan fingerprint density at radius 1 is 1.43 bits per heavy atom. The normalized spacial score (nSPS) is 12.4. The predicted molar refractivity (Wildman–Crippen MR) is 53.3 cm³/mol. The zero-order valence-electron chi connectivity index (χ0n) is 7.81. The fourth-order valence-electron chi connectivity index (χ4n) is 1.09. The molecule has 1 amide bonds. The molecule has 14 heavy (non-hydrogen) atoms. The van der Waals surface area contributed by atoms with Gasteiger partial charge in [-0.3, -0.25) is 10.1 Å². The summed E-state index contributed by atoms with van der Waals surface area (Å²) in [6.07, 6.45) is 0. The van der Waals surface area contributed by atoms with Crippen molar-refractivity contribution in [2.75, 3.05) is 6.61 Å². The molecule has 0 heterocycles. The summed E-state index contributed by atoms with van der Waals surface area (Å²) in [4.78, 5) is 10.8. The average Bonchev–Trinajstić information content (AvgIpc) is 2.20. The van der Waals surface area contributed by atoms with Gasteiger partial charge in [-0.1, -0.05) is 30.3 Å². The number of primary amides is 1. The third-order valence-corrected chi connectivity index (χ3v) is 1.92. The SMILES string of the molecule is NC(=O)C(CO)NCc1ccccc1. The maximum Gasteiger partial charge on any atom is 0.236 e. The van der Waals surface area contributed by atoms with Gasteiger partial charge in [-0.05, 0) is 5.56 Å². The highest BCUT2D eigenvalue weighted by atomic mass is 16.3. The lowest BCUT2D eigenvalue weighted by molar-refractivity contribution is -0.120. The summed E-state index contributed by atoms with van der Waals surface area (Å²) in [6.45, 7) is 0.247. The first kappa shape index (κ1) is 10.7. The number of benzene rings is 1. The third kappa shape index (κ3) is 3.16. The van der Waals surface area contributed by atoms with Crippen molar-refractivity contribution in [2.24, 2.45) is 5.73 Å². The molecule has 4 nitrogen and oxygen atoms in total. The first-order valence-electron chi connectivity index (χ1n) is 4.41. The standard InChI is InChI=1S/C10H14N2O2/c11-10(14)9(7-13)12-6-8-4-2-1-3-5-8/h1-5,9,12-13H,6-7H2,(H2,11,14). The minimum Gasteiger partial charge on any atom is -0.394 e. The van der Waals surface area contributed by atoms with Crippen molar-refractivity contribution in [1.29, 1.82) is 0 Å². The maximum atomic E-state index is 10.8. The van der Waals surface area contributed by atoms with E-state index < -0.39 is 11.9 Å². The molecule has 0 saturated carbocycles. The second kappa shape index (κ2) is 5.36. The van der Waals surface area contributed by atoms with Gasteiger partial charge >= 0.3 is 0 Å². The lowest BCUT2D eigenvalue weighted by Gasteiger charge is -2.11. The topological polar surface area (TPSA) is 75.4 Å². The first-order valence-corrected chi connectivity index (χ1v) is 4.41. The Bertz CT molecular complexity index is 287. The van der Waals surface area contributed by atoms with Crippen LogP contribution in [0.25, 0.3) is 0 Å². The highest BCUT2D eigenvalue weighted by molar-refractivity contribution is 5.79. The molecule has 4 heteroatoms. The average molecular weight is 194 g/mol. The molecule has 76 valence electrons. The van der Waals surface area contributed by atoms with Crippen LogP contribution in [0.2, 0.25) is 0 Å². The lowest BCUT2D eigenvalue weighted by atomic mass is 10.2. The Hall–Kier alpha value is -1.39. The van der Waals surface area contributed by atoms with E-state index in [-0.39, 0.29) is 6.61 Å². The van der Waals surface area contributed by atoms with E-state index in [4.69, 9.17) is 10.8 Å². The van der Waals surface area contributed by atoms with Crippen LogP contribution in [0.4, 0.5) is 0 Å². The van der Waals surface area contributed by atoms with Gasteiger partial charge in [0.25, 0.3) is 0 Å². The molecule has 0 saturated heterocycles. The van der Waals surface area contributed by atoms with Gasteiger partial charge in [0.15, 0.2) is 0 Å². The quantitative estimate of drug-likeness (QED) is 0.598. The molecule has 0 aliphatic rings. The molecule has 0 aliphatic heterocycles. The van der Waals surface area contributed by atoms with Gasteiger partial charge in [0.05, 0.1) is 6.61 Å². The molecular weight excluding hydrogens is 180 g/mol. The molecule has 0 radical (unpaired) electrons. The number of carbonyl (C=O) groups excluding carboxylic acids is 1. The van der Waals surface area contributed by atoms with Crippen molar-refractivity contribution in [1.82, 2.24) is 5.32 Å². The lowest BCUT2D eigenvalue weighted by Crippen LogP contribution is -2.43. The summed E-state index contributed by atoms with van der Waals surface area (Å²) in [6, 6.07) is 8.94. The highest BCUT2D eigenvalue weighted by Gasteiger charge is 2.12. The summed E-state index contributed by atoms with van der Waals surface area (Å²) >= 11 is 0. The van der Waals surface area contributed by atoms with E-state index in [1.165, 1.54) is 0 Å². The summed E-state index contributed by atoms with van der Waals surface area (Å²) in [5.74, 6) is -0.538. The Kier molecular flexibility index (Phi) is 4.10. The molecule has 0 aliphatic carbocycles. The number of nitrogens with two attached hydrogens (primary N) is 1. The Balaban J connectivity index is 2.44. The van der Waals surface area contributed by atoms with Crippen LogP contribution in [0.1, 0.15) is 5.56 Å². The molecule has 4 N–H and O–H groups in total. The second-order valence-electron chi connectivity index (χ2n) is 3.00. The molecule has 1 aromatic carbocycles. The number of amides is 1. The molecular formula is C10H14N2O2. The highest BCUT2D eigenvalue weighted by Crippen LogP contribution is 1.97. The molecule has 1 unspecified atom stereocenters. The largest absolute Gasteiger partial charge is 0.394 e. The number of aliphatic hydroxyl groups excluding tert-OH is 1. The van der Waals surface area contributed by atoms with Crippen LogP contribution in [0.3, 0.4) is 0 Å². The van der Waals surface area contributed by atoms with Gasteiger partial charge in [-0.2, -0.15) is 0 Å². The summed E-state index contributed by atoms with van der Waals surface area (Å²) in [5, 5.41) is 11.7. The molecule has 1 atom stereocenters. The van der Waals surface area contributed by atoms with Crippen LogP contribution in [0, 0.1) is 0 Å². The second-order valence-corrected chi connectivity index (χ2v) is 3.00. The number of rotatable bonds is 5. The monoisotopic (exact) mass is 194 g/mol. The number of aliphatic hydroxyl groups is 1. The molecule has 0 spiro atoms. The van der Waals surface area contributed by atoms with E-state index in [0.29, 0.717) is 6.54 Å². The van der Waals surface area contributed by atoms with Crippen LogP contribution < -0.4 is 11.1 Å². The Morgan fingerprint density at radius 3 is 2.57 bits per heavy atom. The van der Waals surface area contributed by atoms with Crippen LogP contribution in [-0.2, 0) is 11.3 Å². The summed E-state index contributed by atoms with van der Waals surface area (Å²) in [5.41, 5.74) is 6.10. The maximum absolute atomic E-state index is 10.8. The van der Waals surface area contributed by atoms with Crippen molar-refractivity contribution < 1.29 is 9.90 Å². The molecule has 0 fully saturated rings. The fraction of sp³-hybridized carbons (Fsp3) is 0.300. The minimum atomic E-state index is -0.671.